The number of hydrogen-bond donors (Lipinski definition) is 2. The number of nitrogens with zero attached hydrogens (tertiary/aromatic N) is 2. The molecule has 41 heavy (non-hydrogen) atoms. The fourth-order valence-corrected chi connectivity index (χ4v) is 4.83. The predicted molar refractivity (Wildman–Crippen MR) is 167 cm³/mol. The second-order valence-corrected chi connectivity index (χ2v) is 11.4. The molecule has 0 fully saturated rings. The highest BCUT2D eigenvalue weighted by molar-refractivity contribution is 5.80. The Morgan fingerprint density at radius 3 is 2.15 bits per heavy atom. The first-order valence-electron chi connectivity index (χ1n) is 14.4. The normalized spacial score (nSPS) is 11.6. The number of amides is 1. The number of carbonyl (C=O) groups is 2. The summed E-state index contributed by atoms with van der Waals surface area (Å²) in [7, 11) is 3.97. The summed E-state index contributed by atoms with van der Waals surface area (Å²) in [6.07, 6.45) is 3.73. The van der Waals surface area contributed by atoms with Crippen molar-refractivity contribution in [2.75, 3.05) is 27.2 Å². The van der Waals surface area contributed by atoms with Gasteiger partial charge >= 0.3 is 5.97 Å². The van der Waals surface area contributed by atoms with Crippen molar-refractivity contribution in [3.63, 3.8) is 0 Å². The molecule has 0 radical (unpaired) electrons. The smallest absolute Gasteiger partial charge is 0.305 e. The molecule has 1 aromatic heterocycles. The lowest BCUT2D eigenvalue weighted by Crippen LogP contribution is -2.38. The number of aliphatic carboxylic acids is 1. The first kappa shape index (κ1) is 33.5. The molecular weight excluding hydrogens is 514 g/mol. The Kier molecular flexibility index (Phi) is 13.5. The van der Waals surface area contributed by atoms with Crippen molar-refractivity contribution in [3.8, 4) is 11.1 Å². The van der Waals surface area contributed by atoms with Gasteiger partial charge in [-0.05, 0) is 87.9 Å². The first-order valence-corrected chi connectivity index (χ1v) is 14.4. The Morgan fingerprint density at radius 2 is 1.59 bits per heavy atom. The van der Waals surface area contributed by atoms with Crippen molar-refractivity contribution in [2.45, 2.75) is 66.3 Å². The molecule has 0 saturated carbocycles. The molecule has 0 saturated heterocycles. The van der Waals surface area contributed by atoms with Crippen LogP contribution in [0.3, 0.4) is 0 Å². The van der Waals surface area contributed by atoms with Crippen LogP contribution in [0.2, 0.25) is 0 Å². The number of rotatable bonds is 12. The molecular formula is C34H47N3O4. The summed E-state index contributed by atoms with van der Waals surface area (Å²) in [5.74, 6) is -0.873. The fraction of sp³-hybridized carbons (Fsp3) is 0.441. The Labute approximate surface area is 245 Å². The van der Waals surface area contributed by atoms with Gasteiger partial charge in [-0.15, -0.1) is 0 Å². The molecule has 3 rings (SSSR count). The van der Waals surface area contributed by atoms with E-state index in [1.54, 1.807) is 12.3 Å². The summed E-state index contributed by atoms with van der Waals surface area (Å²) in [5, 5.41) is 11.4. The maximum Gasteiger partial charge on any atom is 0.305 e. The molecule has 0 aliphatic rings. The van der Waals surface area contributed by atoms with Crippen LogP contribution in [0.4, 0.5) is 0 Å². The Hall–Kier alpha value is -3.71. The molecule has 0 aliphatic carbocycles. The van der Waals surface area contributed by atoms with Gasteiger partial charge in [0.05, 0.1) is 6.42 Å². The van der Waals surface area contributed by atoms with E-state index < -0.39 is 12.0 Å². The molecule has 2 N–H and O–H groups in total. The lowest BCUT2D eigenvalue weighted by Gasteiger charge is -2.21. The van der Waals surface area contributed by atoms with Crippen molar-refractivity contribution < 1.29 is 14.7 Å². The van der Waals surface area contributed by atoms with E-state index in [1.807, 2.05) is 14.1 Å². The number of benzene rings is 2. The number of aryl methyl sites for hydroxylation is 3. The van der Waals surface area contributed by atoms with Gasteiger partial charge in [0.15, 0.2) is 0 Å². The fourth-order valence-electron chi connectivity index (χ4n) is 4.83. The second kappa shape index (κ2) is 16.5. The van der Waals surface area contributed by atoms with Crippen molar-refractivity contribution >= 4 is 11.9 Å². The highest BCUT2D eigenvalue weighted by Gasteiger charge is 2.22. The van der Waals surface area contributed by atoms with E-state index >= 15 is 0 Å². The largest absolute Gasteiger partial charge is 0.481 e. The van der Waals surface area contributed by atoms with Gasteiger partial charge in [-0.1, -0.05) is 67.9 Å². The van der Waals surface area contributed by atoms with E-state index in [1.165, 1.54) is 38.5 Å². The molecule has 0 bridgehead atoms. The Balaban J connectivity index is 0.000000329. The van der Waals surface area contributed by atoms with Crippen LogP contribution in [0.15, 0.2) is 65.6 Å². The molecule has 7 heteroatoms. The van der Waals surface area contributed by atoms with Crippen LogP contribution in [0.25, 0.3) is 11.1 Å². The quantitative estimate of drug-likeness (QED) is 0.292. The molecule has 7 nitrogen and oxygen atoms in total. The number of aromatic nitrogens is 1. The zero-order chi connectivity index (χ0) is 30.5. The molecule has 1 unspecified atom stereocenters. The van der Waals surface area contributed by atoms with Crippen LogP contribution in [-0.2, 0) is 16.0 Å². The van der Waals surface area contributed by atoms with Gasteiger partial charge in [-0.2, -0.15) is 0 Å². The van der Waals surface area contributed by atoms with Gasteiger partial charge in [-0.3, -0.25) is 14.4 Å². The monoisotopic (exact) mass is 561 g/mol. The summed E-state index contributed by atoms with van der Waals surface area (Å²) in [5.41, 5.74) is 7.52. The van der Waals surface area contributed by atoms with E-state index in [-0.39, 0.29) is 24.4 Å². The van der Waals surface area contributed by atoms with Crippen molar-refractivity contribution in [1.29, 1.82) is 0 Å². The summed E-state index contributed by atoms with van der Waals surface area (Å²) >= 11 is 0. The number of pyridine rings is 1. The molecule has 0 aliphatic heterocycles. The Bertz CT molecular complexity index is 1310. The highest BCUT2D eigenvalue weighted by Crippen LogP contribution is 2.27. The minimum atomic E-state index is -0.966. The third-order valence-corrected chi connectivity index (χ3v) is 6.88. The molecule has 222 valence electrons. The van der Waals surface area contributed by atoms with Crippen molar-refractivity contribution in [3.05, 3.63) is 93.4 Å². The predicted octanol–water partition coefficient (Wildman–Crippen LogP) is 5.80. The maximum atomic E-state index is 12.6. The number of carboxylic acids is 1. The molecule has 1 atom stereocenters. The van der Waals surface area contributed by atoms with Crippen LogP contribution in [-0.4, -0.2) is 53.6 Å². The molecule has 2 aromatic carbocycles. The van der Waals surface area contributed by atoms with Gasteiger partial charge in [-0.25, -0.2) is 0 Å². The molecule has 1 amide bonds. The zero-order valence-electron chi connectivity index (χ0n) is 25.7. The van der Waals surface area contributed by atoms with Crippen LogP contribution < -0.4 is 10.9 Å². The summed E-state index contributed by atoms with van der Waals surface area (Å²) in [6.45, 7) is 11.5. The Morgan fingerprint density at radius 1 is 0.951 bits per heavy atom. The third kappa shape index (κ3) is 11.4. The van der Waals surface area contributed by atoms with Gasteiger partial charge in [0.25, 0.3) is 5.56 Å². The van der Waals surface area contributed by atoms with E-state index in [2.05, 4.69) is 87.3 Å². The maximum absolute atomic E-state index is 12.6. The van der Waals surface area contributed by atoms with Crippen LogP contribution in [0.1, 0.15) is 61.4 Å². The summed E-state index contributed by atoms with van der Waals surface area (Å²) < 4.78 is 1.49. The van der Waals surface area contributed by atoms with E-state index in [0.717, 1.165) is 24.9 Å². The minimum Gasteiger partial charge on any atom is -0.481 e. The van der Waals surface area contributed by atoms with Gasteiger partial charge in [0.1, 0.15) is 6.04 Å². The number of carbonyl (C=O) groups excluding carboxylic acids is 1. The van der Waals surface area contributed by atoms with E-state index in [9.17, 15) is 14.4 Å². The SMILES string of the molecule is CC(C)CCC(C(=O)NCCC(=O)O)n1cc(CCN(C)C)ccc1=O.Cc1cc(C)c(-c2ccccc2)c(C)c1. The van der Waals surface area contributed by atoms with Gasteiger partial charge < -0.3 is 19.9 Å². The van der Waals surface area contributed by atoms with Crippen LogP contribution in [0, 0.1) is 26.7 Å². The average molecular weight is 562 g/mol. The lowest BCUT2D eigenvalue weighted by atomic mass is 9.94. The van der Waals surface area contributed by atoms with Gasteiger partial charge in [0, 0.05) is 25.4 Å². The average Bonchev–Trinajstić information content (AvgIpc) is 2.89. The highest BCUT2D eigenvalue weighted by atomic mass is 16.4. The number of likely N-dealkylation sites (N-methyl/N-ethyl adjacent to an activating group) is 1. The topological polar surface area (TPSA) is 91.6 Å². The number of nitrogens with one attached hydrogen (secondary N) is 1. The standard InChI is InChI=1S/C19H31N3O4.C15H16/c1-14(2)5-7-16(19(26)20-11-9-18(24)25)22-13-15(6-8-17(22)23)10-12-21(3)4;1-11-9-12(2)15(13(3)10-11)14-7-5-4-6-8-14/h6,8,13-14,16H,5,7,9-12H2,1-4H3,(H,20,26)(H,24,25);4-10H,1-3H3. The minimum absolute atomic E-state index is 0.0570. The molecule has 3 aromatic rings. The second-order valence-electron chi connectivity index (χ2n) is 11.4. The van der Waals surface area contributed by atoms with Crippen LogP contribution in [0.5, 0.6) is 0 Å². The molecule has 1 heterocycles. The number of carboxylic acid groups (broad SMARTS) is 1. The van der Waals surface area contributed by atoms with Crippen LogP contribution >= 0.6 is 0 Å². The van der Waals surface area contributed by atoms with Crippen molar-refractivity contribution in [2.24, 2.45) is 5.92 Å². The lowest BCUT2D eigenvalue weighted by molar-refractivity contribution is -0.137. The van der Waals surface area contributed by atoms with Gasteiger partial charge in [0.2, 0.25) is 5.91 Å². The first-order chi connectivity index (χ1) is 19.4. The summed E-state index contributed by atoms with van der Waals surface area (Å²) in [4.78, 5) is 37.7. The zero-order valence-corrected chi connectivity index (χ0v) is 25.7. The molecule has 0 spiro atoms. The number of hydrogen-bond acceptors (Lipinski definition) is 4. The van der Waals surface area contributed by atoms with E-state index in [0.29, 0.717) is 12.3 Å². The van der Waals surface area contributed by atoms with E-state index in [4.69, 9.17) is 5.11 Å². The third-order valence-electron chi connectivity index (χ3n) is 6.88. The van der Waals surface area contributed by atoms with Crippen molar-refractivity contribution in [1.82, 2.24) is 14.8 Å². The summed E-state index contributed by atoms with van der Waals surface area (Å²) in [6, 6.07) is 17.7.